The minimum Gasteiger partial charge on any atom is -0.496 e. The van der Waals surface area contributed by atoms with E-state index in [-0.39, 0.29) is 41.5 Å². The molecule has 4 aromatic rings. The Labute approximate surface area is 456 Å². The average Bonchev–Trinajstić information content (AvgIpc) is 4.02. The van der Waals surface area contributed by atoms with E-state index >= 15 is 38.4 Å². The van der Waals surface area contributed by atoms with E-state index in [1.54, 1.807) is 66.7 Å². The fraction of sp³-hybridized carbons (Fsp3) is 0.358. The molecule has 0 aliphatic carbocycles. The lowest BCUT2D eigenvalue weighted by Gasteiger charge is -2.51. The highest BCUT2D eigenvalue weighted by Gasteiger charge is 2.93. The number of esters is 4. The standard InChI is InChI=1S/C53H54N12O15/c1-6-77-40(66)50-52(42(68)79-8-3)62-29-65-49(75)61-28-37-36(38(22-23-39(37)76-5)57-45(71)55-34-18-14-11-15-19-34)27-60-48(74)64(53(65,43(69)80-9-4)51(60,61)41(67)78-7-2)30-63(52)47(73)59(50)26-32-24-35(21-20-31(32)25-58(50)46(62)72)56-44(70)54-33-16-12-10-13-17-33/h10-24H,6-9,25-30H2,1-5H3,(H2,54,56,70)(H2,55,57,71)/t50-,51-,52+,53+/m1/s1. The molecule has 4 aromatic carbocycles. The van der Waals surface area contributed by atoms with E-state index in [4.69, 9.17) is 23.7 Å². The number of urea groups is 6. The maximum Gasteiger partial charge on any atom is 0.359 e. The van der Waals surface area contributed by atoms with E-state index in [2.05, 4.69) is 21.3 Å². The third-order valence-corrected chi connectivity index (χ3v) is 15.4. The van der Waals surface area contributed by atoms with Crippen molar-refractivity contribution in [2.24, 2.45) is 0 Å². The Morgan fingerprint density at radius 3 is 1.23 bits per heavy atom. The van der Waals surface area contributed by atoms with Crippen molar-refractivity contribution in [2.75, 3.05) is 68.1 Å². The van der Waals surface area contributed by atoms with Gasteiger partial charge in [0.2, 0.25) is 0 Å². The highest BCUT2D eigenvalue weighted by molar-refractivity contribution is 6.13. The molecule has 4 N–H and O–H groups in total. The van der Waals surface area contributed by atoms with Gasteiger partial charge in [-0.05, 0) is 87.4 Å². The van der Waals surface area contributed by atoms with Crippen molar-refractivity contribution in [1.29, 1.82) is 0 Å². The van der Waals surface area contributed by atoms with Gasteiger partial charge in [0.15, 0.2) is 0 Å². The molecule has 7 heterocycles. The number of benzene rings is 4. The molecule has 11 rings (SSSR count). The largest absolute Gasteiger partial charge is 0.496 e. The first-order chi connectivity index (χ1) is 38.6. The molecule has 7 aliphatic heterocycles. The number of amides is 12. The van der Waals surface area contributed by atoms with Gasteiger partial charge in [-0.2, -0.15) is 0 Å². The van der Waals surface area contributed by atoms with Crippen LogP contribution in [0.4, 0.5) is 51.5 Å². The molecule has 27 nitrogen and oxygen atoms in total. The molecular formula is C53H54N12O15. The summed E-state index contributed by atoms with van der Waals surface area (Å²) in [5.74, 6) is -5.24. The van der Waals surface area contributed by atoms with Crippen LogP contribution in [0.1, 0.15) is 49.9 Å². The fourth-order valence-electron chi connectivity index (χ4n) is 12.4. The van der Waals surface area contributed by atoms with Crippen LogP contribution in [0.15, 0.2) is 91.0 Å². The van der Waals surface area contributed by atoms with Gasteiger partial charge in [0.05, 0.1) is 59.7 Å². The lowest BCUT2D eigenvalue weighted by Crippen LogP contribution is -2.81. The Hall–Kier alpha value is -9.82. The van der Waals surface area contributed by atoms with E-state index in [0.717, 1.165) is 39.2 Å². The van der Waals surface area contributed by atoms with Gasteiger partial charge in [-0.15, -0.1) is 0 Å². The summed E-state index contributed by atoms with van der Waals surface area (Å²) in [6, 6.07) is 18.6. The number of anilines is 4. The Morgan fingerprint density at radius 1 is 0.425 bits per heavy atom. The number of carbonyl (C=O) groups excluding carboxylic acids is 10. The predicted molar refractivity (Wildman–Crippen MR) is 276 cm³/mol. The van der Waals surface area contributed by atoms with E-state index in [9.17, 15) is 9.59 Å². The Balaban J connectivity index is 1.11. The van der Waals surface area contributed by atoms with Gasteiger partial charge in [-0.1, -0.05) is 42.5 Å². The second kappa shape index (κ2) is 19.3. The summed E-state index contributed by atoms with van der Waals surface area (Å²) >= 11 is 0. The summed E-state index contributed by atoms with van der Waals surface area (Å²) in [5.41, 5.74) is -9.64. The first kappa shape index (κ1) is 52.2. The minimum absolute atomic E-state index is 0.0816. The molecule has 4 atom stereocenters. The van der Waals surface area contributed by atoms with Crippen molar-refractivity contribution in [3.63, 3.8) is 0 Å². The van der Waals surface area contributed by atoms with Crippen LogP contribution in [0.5, 0.6) is 5.75 Å². The van der Waals surface area contributed by atoms with Gasteiger partial charge >= 0.3 is 60.1 Å². The van der Waals surface area contributed by atoms with E-state index in [1.807, 2.05) is 0 Å². The van der Waals surface area contributed by atoms with E-state index < -0.39 is 135 Å². The van der Waals surface area contributed by atoms with Crippen molar-refractivity contribution < 1.29 is 71.6 Å². The zero-order valence-electron chi connectivity index (χ0n) is 43.9. The van der Waals surface area contributed by atoms with Gasteiger partial charge in [-0.3, -0.25) is 39.2 Å². The third-order valence-electron chi connectivity index (χ3n) is 15.4. The number of fused-ring (bicyclic) bond motifs is 2. The van der Waals surface area contributed by atoms with Crippen molar-refractivity contribution in [2.45, 2.75) is 76.5 Å². The van der Waals surface area contributed by atoms with Crippen molar-refractivity contribution >= 4 is 82.8 Å². The van der Waals surface area contributed by atoms with Crippen molar-refractivity contribution in [1.82, 2.24) is 39.2 Å². The number of hydrogen-bond donors (Lipinski definition) is 4. The summed E-state index contributed by atoms with van der Waals surface area (Å²) in [6.07, 6.45) is 0. The quantitative estimate of drug-likeness (QED) is 0.105. The maximum atomic E-state index is 16.2. The lowest BCUT2D eigenvalue weighted by molar-refractivity contribution is -0.209. The smallest absolute Gasteiger partial charge is 0.359 e. The number of para-hydroxylation sites is 2. The molecule has 5 fully saturated rings. The van der Waals surface area contributed by atoms with E-state index in [0.29, 0.717) is 22.5 Å². The molecule has 416 valence electrons. The van der Waals surface area contributed by atoms with Crippen LogP contribution in [-0.4, -0.2) is 169 Å². The van der Waals surface area contributed by atoms with Gasteiger partial charge in [0.1, 0.15) is 19.1 Å². The SMILES string of the molecule is CCOC(=O)[C@]12N3Cc4cc(NC(=O)Nc5ccccc5)ccc4CN1C(=O)N1CN4C(=O)N5Cc6c(OC)ccc(NC(=O)Nc7ccccc7)c6CN6C(=O)N(CN(C3=O)[C@]12C(=O)OCC)[C@]4(C(=O)OCC)[C@]65C(=O)OCC. The monoisotopic (exact) mass is 1100 g/mol. The van der Waals surface area contributed by atoms with Gasteiger partial charge < -0.3 is 45.0 Å². The number of carbonyl (C=O) groups is 10. The molecule has 27 heteroatoms. The first-order valence-electron chi connectivity index (χ1n) is 25.7. The Bertz CT molecular complexity index is 3330. The predicted octanol–water partition coefficient (Wildman–Crippen LogP) is 4.63. The summed E-state index contributed by atoms with van der Waals surface area (Å²) in [4.78, 5) is 161. The summed E-state index contributed by atoms with van der Waals surface area (Å²) in [5, 5.41) is 11.0. The molecule has 80 heavy (non-hydrogen) atoms. The van der Waals surface area contributed by atoms with E-state index in [1.165, 1.54) is 59.1 Å². The molecule has 7 aliphatic rings. The number of rotatable bonds is 13. The molecular weight excluding hydrogens is 1040 g/mol. The Morgan fingerprint density at radius 2 is 0.800 bits per heavy atom. The molecule has 5 saturated heterocycles. The normalized spacial score (nSPS) is 23.6. The number of ether oxygens (including phenoxy) is 5. The molecule has 12 amide bonds. The van der Waals surface area contributed by atoms with Crippen LogP contribution in [0.3, 0.4) is 0 Å². The lowest BCUT2D eigenvalue weighted by atomic mass is 9.88. The average molecular weight is 1100 g/mol. The molecule has 0 radical (unpaired) electrons. The second-order valence-electron chi connectivity index (χ2n) is 19.2. The molecule has 0 unspecified atom stereocenters. The van der Waals surface area contributed by atoms with Gasteiger partial charge in [-0.25, -0.2) is 47.9 Å². The molecule has 0 spiro atoms. The van der Waals surface area contributed by atoms with Crippen LogP contribution in [0, 0.1) is 0 Å². The van der Waals surface area contributed by atoms with Crippen molar-refractivity contribution in [3.05, 3.63) is 113 Å². The maximum absolute atomic E-state index is 16.2. The molecule has 0 aromatic heterocycles. The molecule has 0 bridgehead atoms. The number of methoxy groups -OCH3 is 1. The van der Waals surface area contributed by atoms with Crippen LogP contribution in [-0.2, 0) is 64.3 Å². The summed E-state index contributed by atoms with van der Waals surface area (Å²) in [6.45, 7) is -0.534. The Kier molecular flexibility index (Phi) is 12.6. The van der Waals surface area contributed by atoms with Crippen molar-refractivity contribution in [3.8, 4) is 5.75 Å². The first-order valence-corrected chi connectivity index (χ1v) is 25.7. The number of hydrogen-bond acceptors (Lipinski definition) is 15. The van der Waals surface area contributed by atoms with Crippen LogP contribution >= 0.6 is 0 Å². The minimum atomic E-state index is -3.05. The summed E-state index contributed by atoms with van der Waals surface area (Å²) < 4.78 is 29.1. The second-order valence-corrected chi connectivity index (χ2v) is 19.2. The summed E-state index contributed by atoms with van der Waals surface area (Å²) in [7, 11) is 1.34. The highest BCUT2D eigenvalue weighted by Crippen LogP contribution is 2.62. The fourth-order valence-corrected chi connectivity index (χ4v) is 12.4. The molecule has 0 saturated carbocycles. The topological polar surface area (TPSA) is 291 Å². The van der Waals surface area contributed by atoms with Crippen LogP contribution in [0.25, 0.3) is 0 Å². The van der Waals surface area contributed by atoms with Gasteiger partial charge in [0.25, 0.3) is 22.7 Å². The third kappa shape index (κ3) is 6.83. The zero-order chi connectivity index (χ0) is 56.6. The van der Waals surface area contributed by atoms with Crippen LogP contribution in [0.2, 0.25) is 0 Å². The van der Waals surface area contributed by atoms with Gasteiger partial charge in [0, 0.05) is 33.9 Å². The highest BCUT2D eigenvalue weighted by atomic mass is 16.6. The zero-order valence-corrected chi connectivity index (χ0v) is 43.9. The van der Waals surface area contributed by atoms with Crippen LogP contribution < -0.4 is 26.0 Å². The number of nitrogens with zero attached hydrogens (tertiary/aromatic N) is 8. The number of nitrogens with one attached hydrogen (secondary N) is 4.